The summed E-state index contributed by atoms with van der Waals surface area (Å²) in [6, 6.07) is 7.81. The molecule has 0 unspecified atom stereocenters. The van der Waals surface area contributed by atoms with E-state index in [0.29, 0.717) is 13.0 Å². The number of hydrogen-bond acceptors (Lipinski definition) is 3. The smallest absolute Gasteiger partial charge is 0.225 e. The molecule has 0 heterocycles. The van der Waals surface area contributed by atoms with Crippen LogP contribution >= 0.6 is 0 Å². The van der Waals surface area contributed by atoms with Gasteiger partial charge in [0.05, 0.1) is 0 Å². The van der Waals surface area contributed by atoms with Gasteiger partial charge in [-0.3, -0.25) is 4.79 Å². The first kappa shape index (κ1) is 14.7. The van der Waals surface area contributed by atoms with Gasteiger partial charge in [-0.05, 0) is 37.6 Å². The van der Waals surface area contributed by atoms with Crippen LogP contribution in [0.2, 0.25) is 0 Å². The second-order valence-electron chi connectivity index (χ2n) is 4.26. The van der Waals surface area contributed by atoms with Gasteiger partial charge in [0.2, 0.25) is 5.91 Å². The fraction of sp³-hybridized carbons (Fsp3) is 0.500. The first-order valence-corrected chi connectivity index (χ1v) is 6.28. The van der Waals surface area contributed by atoms with Gasteiger partial charge >= 0.3 is 0 Å². The highest BCUT2D eigenvalue weighted by atomic mass is 16.5. The van der Waals surface area contributed by atoms with Crippen LogP contribution in [0, 0.1) is 6.92 Å². The van der Waals surface area contributed by atoms with Crippen LogP contribution in [0.3, 0.4) is 0 Å². The fourth-order valence-corrected chi connectivity index (χ4v) is 1.61. The van der Waals surface area contributed by atoms with Crippen LogP contribution < -0.4 is 10.6 Å². The zero-order chi connectivity index (χ0) is 13.2. The minimum atomic E-state index is 0.0415. The molecule has 1 rings (SSSR count). The van der Waals surface area contributed by atoms with Crippen LogP contribution in [0.1, 0.15) is 18.4 Å². The molecular weight excluding hydrogens is 228 g/mol. The van der Waals surface area contributed by atoms with E-state index in [1.54, 1.807) is 7.11 Å². The number of methoxy groups -OCH3 is 1. The molecule has 4 heteroatoms. The van der Waals surface area contributed by atoms with E-state index in [1.807, 2.05) is 31.2 Å². The van der Waals surface area contributed by atoms with Gasteiger partial charge in [-0.1, -0.05) is 12.1 Å². The summed E-state index contributed by atoms with van der Waals surface area (Å²) in [5.74, 6) is 0.0415. The lowest BCUT2D eigenvalue weighted by atomic mass is 10.2. The Hall–Kier alpha value is -1.39. The SMILES string of the molecule is COCCCNCCC(=O)Nc1cccc(C)c1. The minimum absolute atomic E-state index is 0.0415. The Bertz CT molecular complexity index is 367. The standard InChI is InChI=1S/C14H22N2O2/c1-12-5-3-6-13(11-12)16-14(17)7-9-15-8-4-10-18-2/h3,5-6,11,15H,4,7-10H2,1-2H3,(H,16,17). The number of rotatable bonds is 8. The van der Waals surface area contributed by atoms with Gasteiger partial charge in [0, 0.05) is 32.4 Å². The largest absolute Gasteiger partial charge is 0.385 e. The number of ether oxygens (including phenoxy) is 1. The van der Waals surface area contributed by atoms with Crippen molar-refractivity contribution in [3.63, 3.8) is 0 Å². The summed E-state index contributed by atoms with van der Waals surface area (Å²) in [5.41, 5.74) is 2.00. The molecule has 0 bridgehead atoms. The van der Waals surface area contributed by atoms with Crippen LogP contribution in [0.4, 0.5) is 5.69 Å². The van der Waals surface area contributed by atoms with Crippen molar-refractivity contribution >= 4 is 11.6 Å². The molecule has 4 nitrogen and oxygen atoms in total. The topological polar surface area (TPSA) is 50.4 Å². The second-order valence-corrected chi connectivity index (χ2v) is 4.26. The Kier molecular flexibility index (Phi) is 7.06. The predicted molar refractivity (Wildman–Crippen MR) is 73.8 cm³/mol. The maximum Gasteiger partial charge on any atom is 0.225 e. The number of anilines is 1. The van der Waals surface area contributed by atoms with Crippen LogP contribution in [0.15, 0.2) is 24.3 Å². The number of amides is 1. The molecule has 0 aliphatic rings. The summed E-state index contributed by atoms with van der Waals surface area (Å²) in [6.45, 7) is 4.34. The van der Waals surface area contributed by atoms with Crippen molar-refractivity contribution < 1.29 is 9.53 Å². The predicted octanol–water partition coefficient (Wildman–Crippen LogP) is 1.95. The monoisotopic (exact) mass is 250 g/mol. The summed E-state index contributed by atoms with van der Waals surface area (Å²) in [7, 11) is 1.69. The highest BCUT2D eigenvalue weighted by molar-refractivity contribution is 5.90. The van der Waals surface area contributed by atoms with Crippen molar-refractivity contribution in [3.05, 3.63) is 29.8 Å². The van der Waals surface area contributed by atoms with Crippen LogP contribution in [0.25, 0.3) is 0 Å². The maximum atomic E-state index is 11.6. The zero-order valence-corrected chi connectivity index (χ0v) is 11.2. The molecule has 0 fully saturated rings. The summed E-state index contributed by atoms with van der Waals surface area (Å²) in [5, 5.41) is 6.09. The van der Waals surface area contributed by atoms with Crippen molar-refractivity contribution in [2.45, 2.75) is 19.8 Å². The lowest BCUT2D eigenvalue weighted by molar-refractivity contribution is -0.116. The van der Waals surface area contributed by atoms with E-state index in [9.17, 15) is 4.79 Å². The maximum absolute atomic E-state index is 11.6. The van der Waals surface area contributed by atoms with Gasteiger partial charge in [-0.15, -0.1) is 0 Å². The molecule has 1 aromatic carbocycles. The van der Waals surface area contributed by atoms with Gasteiger partial charge in [-0.2, -0.15) is 0 Å². The van der Waals surface area contributed by atoms with Crippen molar-refractivity contribution in [1.29, 1.82) is 0 Å². The summed E-state index contributed by atoms with van der Waals surface area (Å²) in [4.78, 5) is 11.6. The van der Waals surface area contributed by atoms with E-state index in [4.69, 9.17) is 4.74 Å². The normalized spacial score (nSPS) is 10.3. The number of nitrogens with one attached hydrogen (secondary N) is 2. The Labute approximate surface area is 109 Å². The number of aryl methyl sites for hydroxylation is 1. The van der Waals surface area contributed by atoms with Crippen LogP contribution in [-0.4, -0.2) is 32.7 Å². The molecule has 0 aromatic heterocycles. The van der Waals surface area contributed by atoms with Gasteiger partial charge < -0.3 is 15.4 Å². The Balaban J connectivity index is 2.14. The summed E-state index contributed by atoms with van der Waals surface area (Å²) < 4.78 is 4.94. The third-order valence-electron chi connectivity index (χ3n) is 2.53. The van der Waals surface area contributed by atoms with Crippen LogP contribution in [0.5, 0.6) is 0 Å². The third kappa shape index (κ3) is 6.37. The highest BCUT2D eigenvalue weighted by Gasteiger charge is 2.01. The first-order chi connectivity index (χ1) is 8.72. The van der Waals surface area contributed by atoms with E-state index in [1.165, 1.54) is 0 Å². The van der Waals surface area contributed by atoms with Gasteiger partial charge in [0.1, 0.15) is 0 Å². The number of hydrogen-bond donors (Lipinski definition) is 2. The first-order valence-electron chi connectivity index (χ1n) is 6.28. The van der Waals surface area contributed by atoms with E-state index in [2.05, 4.69) is 10.6 Å². The molecule has 0 saturated carbocycles. The lowest BCUT2D eigenvalue weighted by Gasteiger charge is -2.07. The molecule has 1 amide bonds. The molecule has 0 spiro atoms. The van der Waals surface area contributed by atoms with Crippen molar-refractivity contribution in [2.24, 2.45) is 0 Å². The molecule has 100 valence electrons. The van der Waals surface area contributed by atoms with Gasteiger partial charge in [-0.25, -0.2) is 0 Å². The molecule has 0 aliphatic heterocycles. The lowest BCUT2D eigenvalue weighted by Crippen LogP contribution is -2.23. The van der Waals surface area contributed by atoms with Crippen molar-refractivity contribution in [3.8, 4) is 0 Å². The third-order valence-corrected chi connectivity index (χ3v) is 2.53. The van der Waals surface area contributed by atoms with E-state index in [0.717, 1.165) is 30.8 Å². The Morgan fingerprint density at radius 2 is 2.17 bits per heavy atom. The Morgan fingerprint density at radius 3 is 2.89 bits per heavy atom. The molecule has 1 aromatic rings. The number of carbonyl (C=O) groups excluding carboxylic acids is 1. The average molecular weight is 250 g/mol. The summed E-state index contributed by atoms with van der Waals surface area (Å²) in [6.07, 6.45) is 1.46. The molecule has 0 saturated heterocycles. The average Bonchev–Trinajstić information content (AvgIpc) is 2.33. The zero-order valence-electron chi connectivity index (χ0n) is 11.2. The van der Waals surface area contributed by atoms with E-state index < -0.39 is 0 Å². The molecule has 0 atom stereocenters. The quantitative estimate of drug-likeness (QED) is 0.693. The van der Waals surface area contributed by atoms with Crippen molar-refractivity contribution in [1.82, 2.24) is 5.32 Å². The number of benzene rings is 1. The van der Waals surface area contributed by atoms with Gasteiger partial charge in [0.25, 0.3) is 0 Å². The molecular formula is C14H22N2O2. The number of carbonyl (C=O) groups is 1. The summed E-state index contributed by atoms with van der Waals surface area (Å²) >= 11 is 0. The molecule has 0 radical (unpaired) electrons. The van der Waals surface area contributed by atoms with E-state index in [-0.39, 0.29) is 5.91 Å². The second kappa shape index (κ2) is 8.66. The highest BCUT2D eigenvalue weighted by Crippen LogP contribution is 2.09. The van der Waals surface area contributed by atoms with Gasteiger partial charge in [0.15, 0.2) is 0 Å². The van der Waals surface area contributed by atoms with E-state index >= 15 is 0 Å². The molecule has 18 heavy (non-hydrogen) atoms. The van der Waals surface area contributed by atoms with Crippen molar-refractivity contribution in [2.75, 3.05) is 32.1 Å². The molecule has 2 N–H and O–H groups in total. The Morgan fingerprint density at radius 1 is 1.33 bits per heavy atom. The fourth-order valence-electron chi connectivity index (χ4n) is 1.61. The van der Waals surface area contributed by atoms with Crippen LogP contribution in [-0.2, 0) is 9.53 Å². The molecule has 0 aliphatic carbocycles. The minimum Gasteiger partial charge on any atom is -0.385 e.